The molecule has 1 atom stereocenters. The minimum absolute atomic E-state index is 0.196. The first-order valence-electron chi connectivity index (χ1n) is 10.7. The fourth-order valence-corrected chi connectivity index (χ4v) is 3.54. The summed E-state index contributed by atoms with van der Waals surface area (Å²) in [5, 5.41) is 28.0. The summed E-state index contributed by atoms with van der Waals surface area (Å²) < 4.78 is 45.7. The zero-order valence-electron chi connectivity index (χ0n) is 18.8. The molecule has 0 radical (unpaired) electrons. The normalized spacial score (nSPS) is 12.5. The number of hydrogen-bond acceptors (Lipinski definition) is 4. The number of nitrogens with one attached hydrogen (secondary N) is 1. The van der Waals surface area contributed by atoms with Gasteiger partial charge in [0, 0.05) is 16.7 Å². The molecule has 0 aliphatic heterocycles. The second kappa shape index (κ2) is 10.5. The van der Waals surface area contributed by atoms with Gasteiger partial charge < -0.3 is 9.84 Å². The molecule has 0 fully saturated rings. The summed E-state index contributed by atoms with van der Waals surface area (Å²) >= 11 is 0. The van der Waals surface area contributed by atoms with Crippen LogP contribution in [-0.2, 0) is 12.8 Å². The molecule has 2 rings (SSSR count). The van der Waals surface area contributed by atoms with Crippen molar-refractivity contribution in [2.45, 2.75) is 71.6 Å². The smallest absolute Gasteiger partial charge is 0.433 e. The molecule has 0 aliphatic rings. The molecule has 2 aromatic carbocycles. The van der Waals surface area contributed by atoms with Crippen molar-refractivity contribution in [3.05, 3.63) is 58.1 Å². The highest BCUT2D eigenvalue weighted by Crippen LogP contribution is 2.41. The van der Waals surface area contributed by atoms with E-state index in [1.54, 1.807) is 12.1 Å². The third kappa shape index (κ3) is 5.61. The van der Waals surface area contributed by atoms with E-state index in [2.05, 4.69) is 19.9 Å². The number of aromatic hydroxyl groups is 1. The Morgan fingerprint density at radius 2 is 1.66 bits per heavy atom. The summed E-state index contributed by atoms with van der Waals surface area (Å²) in [7, 11) is 0. The van der Waals surface area contributed by atoms with Gasteiger partial charge in [-0.2, -0.15) is 18.4 Å². The number of hydrogen-bond donors (Lipinski definition) is 2. The van der Waals surface area contributed by atoms with Crippen LogP contribution in [-0.4, -0.2) is 17.0 Å². The standard InChI is InChI=1S/C25H29F3N2O2/c1-5-7-18-13-20(24(30)25(26,27)28)22(31)19(8-6-2)23(18)32-21(14-29)17-11-9-16(10-12-17)15(3)4/h9-13,15,21,30-31H,5-8H2,1-4H3. The molecule has 7 heteroatoms. The van der Waals surface area contributed by atoms with Crippen LogP contribution in [0.4, 0.5) is 13.2 Å². The molecule has 0 bridgehead atoms. The number of halogens is 3. The summed E-state index contributed by atoms with van der Waals surface area (Å²) in [6.07, 6.45) is -4.09. The van der Waals surface area contributed by atoms with Gasteiger partial charge in [0.15, 0.2) is 0 Å². The Balaban J connectivity index is 2.60. The summed E-state index contributed by atoms with van der Waals surface area (Å²) in [6.45, 7) is 7.82. The van der Waals surface area contributed by atoms with Crippen LogP contribution in [0.5, 0.6) is 11.5 Å². The zero-order chi connectivity index (χ0) is 24.1. The SMILES string of the molecule is CCCc1cc(C(=N)C(F)(F)F)c(O)c(CCC)c1OC(C#N)c1ccc(C(C)C)cc1. The molecule has 0 saturated heterocycles. The average molecular weight is 447 g/mol. The fraction of sp³-hybridized carbons (Fsp3) is 0.440. The lowest BCUT2D eigenvalue weighted by atomic mass is 9.94. The third-order valence-electron chi connectivity index (χ3n) is 5.26. The molecule has 2 aromatic rings. The molecular formula is C25H29F3N2O2. The minimum atomic E-state index is -4.89. The van der Waals surface area contributed by atoms with Crippen LogP contribution in [0.15, 0.2) is 30.3 Å². The molecule has 0 spiro atoms. The van der Waals surface area contributed by atoms with Crippen molar-refractivity contribution in [1.29, 1.82) is 10.7 Å². The van der Waals surface area contributed by atoms with Crippen LogP contribution in [0.1, 0.15) is 80.4 Å². The van der Waals surface area contributed by atoms with Crippen LogP contribution in [0, 0.1) is 16.7 Å². The van der Waals surface area contributed by atoms with Crippen LogP contribution >= 0.6 is 0 Å². The maximum atomic E-state index is 13.2. The molecule has 0 aromatic heterocycles. The molecule has 172 valence electrons. The van der Waals surface area contributed by atoms with E-state index in [1.807, 2.05) is 26.0 Å². The summed E-state index contributed by atoms with van der Waals surface area (Å²) in [5.41, 5.74) is 0.201. The summed E-state index contributed by atoms with van der Waals surface area (Å²) in [5.74, 6) is -0.0634. The van der Waals surface area contributed by atoms with Crippen LogP contribution in [0.2, 0.25) is 0 Å². The second-order valence-electron chi connectivity index (χ2n) is 8.06. The monoisotopic (exact) mass is 446 g/mol. The predicted octanol–water partition coefficient (Wildman–Crippen LogP) is 6.99. The number of rotatable bonds is 9. The Morgan fingerprint density at radius 1 is 1.09 bits per heavy atom. The Labute approximate surface area is 187 Å². The van der Waals surface area contributed by atoms with E-state index >= 15 is 0 Å². The number of nitrogens with zero attached hydrogens (tertiary/aromatic N) is 1. The number of ether oxygens (including phenoxy) is 1. The number of nitriles is 1. The Bertz CT molecular complexity index is 990. The van der Waals surface area contributed by atoms with Crippen molar-refractivity contribution in [3.63, 3.8) is 0 Å². The van der Waals surface area contributed by atoms with E-state index < -0.39 is 29.3 Å². The second-order valence-corrected chi connectivity index (χ2v) is 8.06. The quantitative estimate of drug-likeness (QED) is 0.407. The summed E-state index contributed by atoms with van der Waals surface area (Å²) in [4.78, 5) is 0. The topological polar surface area (TPSA) is 77.1 Å². The van der Waals surface area contributed by atoms with E-state index in [4.69, 9.17) is 10.1 Å². The maximum Gasteiger partial charge on any atom is 0.433 e. The lowest BCUT2D eigenvalue weighted by molar-refractivity contribution is -0.0588. The van der Waals surface area contributed by atoms with Gasteiger partial charge in [-0.05, 0) is 36.0 Å². The van der Waals surface area contributed by atoms with Gasteiger partial charge in [-0.3, -0.25) is 5.41 Å². The molecule has 32 heavy (non-hydrogen) atoms. The number of phenolic OH excluding ortho intramolecular Hbond substituents is 1. The van der Waals surface area contributed by atoms with Gasteiger partial charge in [0.25, 0.3) is 0 Å². The lowest BCUT2D eigenvalue weighted by Crippen LogP contribution is -2.23. The van der Waals surface area contributed by atoms with Crippen molar-refractivity contribution in [2.24, 2.45) is 0 Å². The van der Waals surface area contributed by atoms with Crippen LogP contribution in [0.3, 0.4) is 0 Å². The van der Waals surface area contributed by atoms with E-state index in [-0.39, 0.29) is 17.7 Å². The predicted molar refractivity (Wildman–Crippen MR) is 118 cm³/mol. The van der Waals surface area contributed by atoms with Crippen molar-refractivity contribution >= 4 is 5.71 Å². The molecule has 2 N–H and O–H groups in total. The van der Waals surface area contributed by atoms with Gasteiger partial charge in [0.2, 0.25) is 6.10 Å². The largest absolute Gasteiger partial charge is 0.507 e. The molecule has 1 unspecified atom stereocenters. The first-order valence-corrected chi connectivity index (χ1v) is 10.7. The van der Waals surface area contributed by atoms with Crippen molar-refractivity contribution in [2.75, 3.05) is 0 Å². The molecule has 0 heterocycles. The van der Waals surface area contributed by atoms with E-state index in [0.717, 1.165) is 5.56 Å². The van der Waals surface area contributed by atoms with Crippen molar-refractivity contribution < 1.29 is 23.0 Å². The summed E-state index contributed by atoms with van der Waals surface area (Å²) in [6, 6.07) is 10.7. The van der Waals surface area contributed by atoms with Gasteiger partial charge in [-0.25, -0.2) is 0 Å². The van der Waals surface area contributed by atoms with Crippen molar-refractivity contribution in [1.82, 2.24) is 0 Å². The molecule has 0 saturated carbocycles. The maximum absolute atomic E-state index is 13.2. The van der Waals surface area contributed by atoms with Crippen LogP contribution < -0.4 is 4.74 Å². The van der Waals surface area contributed by atoms with E-state index in [0.29, 0.717) is 36.3 Å². The highest BCUT2D eigenvalue weighted by atomic mass is 19.4. The first-order chi connectivity index (χ1) is 15.0. The number of benzene rings is 2. The molecular weight excluding hydrogens is 417 g/mol. The van der Waals surface area contributed by atoms with E-state index in [1.165, 1.54) is 6.07 Å². The highest BCUT2D eigenvalue weighted by Gasteiger charge is 2.38. The fourth-order valence-electron chi connectivity index (χ4n) is 3.54. The number of aryl methyl sites for hydroxylation is 1. The zero-order valence-corrected chi connectivity index (χ0v) is 18.8. The van der Waals surface area contributed by atoms with Crippen molar-refractivity contribution in [3.8, 4) is 17.6 Å². The minimum Gasteiger partial charge on any atom is -0.507 e. The Morgan fingerprint density at radius 3 is 2.12 bits per heavy atom. The molecule has 0 amide bonds. The van der Waals surface area contributed by atoms with Gasteiger partial charge in [-0.15, -0.1) is 0 Å². The first kappa shape index (κ1) is 25.3. The van der Waals surface area contributed by atoms with Gasteiger partial charge in [0.05, 0.1) is 0 Å². The number of phenols is 1. The Hall–Kier alpha value is -3.01. The number of alkyl halides is 3. The third-order valence-corrected chi connectivity index (χ3v) is 5.26. The lowest BCUT2D eigenvalue weighted by Gasteiger charge is -2.23. The van der Waals surface area contributed by atoms with Crippen LogP contribution in [0.25, 0.3) is 0 Å². The molecule has 0 aliphatic carbocycles. The highest BCUT2D eigenvalue weighted by molar-refractivity contribution is 6.05. The average Bonchev–Trinajstić information content (AvgIpc) is 2.74. The molecule has 4 nitrogen and oxygen atoms in total. The van der Waals surface area contributed by atoms with Gasteiger partial charge in [0.1, 0.15) is 23.3 Å². The Kier molecular flexibility index (Phi) is 8.31. The van der Waals surface area contributed by atoms with E-state index in [9.17, 15) is 23.5 Å². The van der Waals surface area contributed by atoms with Gasteiger partial charge >= 0.3 is 6.18 Å². The van der Waals surface area contributed by atoms with Gasteiger partial charge in [-0.1, -0.05) is 64.8 Å².